The van der Waals surface area contributed by atoms with Gasteiger partial charge in [-0.15, -0.1) is 0 Å². The Labute approximate surface area is 254 Å². The van der Waals surface area contributed by atoms with Gasteiger partial charge >= 0.3 is 5.97 Å². The second-order valence-electron chi connectivity index (χ2n) is 13.1. The Morgan fingerprint density at radius 3 is 2.49 bits per heavy atom. The molecule has 4 atom stereocenters. The molecule has 9 heteroatoms. The maximum absolute atomic E-state index is 14.1. The van der Waals surface area contributed by atoms with Crippen molar-refractivity contribution >= 4 is 28.6 Å². The molecule has 5 rings (SSSR count). The number of aromatic nitrogens is 1. The fourth-order valence-corrected chi connectivity index (χ4v) is 7.73. The van der Waals surface area contributed by atoms with Crippen molar-refractivity contribution in [2.75, 3.05) is 26.9 Å². The van der Waals surface area contributed by atoms with E-state index in [1.807, 2.05) is 30.0 Å². The van der Waals surface area contributed by atoms with Gasteiger partial charge in [-0.25, -0.2) is 9.18 Å². The number of carbonyl (C=O) groups is 3. The van der Waals surface area contributed by atoms with Crippen LogP contribution in [0, 0.1) is 23.7 Å². The SMILES string of the molecule is COC(C)COC(=O)c1cc2cc(CC(=O)[C@@H]3[C@H](C4CCCCC4)CCN3C(=O)C3CCC([C@H](N)CF)CC3)ccc2[nH]1. The van der Waals surface area contributed by atoms with E-state index in [2.05, 4.69) is 4.98 Å². The van der Waals surface area contributed by atoms with Crippen LogP contribution in [0.1, 0.15) is 87.2 Å². The molecule has 1 unspecified atom stereocenters. The molecule has 3 aliphatic rings. The number of benzene rings is 1. The number of rotatable bonds is 11. The molecule has 0 bridgehead atoms. The van der Waals surface area contributed by atoms with E-state index in [1.54, 1.807) is 13.2 Å². The zero-order valence-corrected chi connectivity index (χ0v) is 25.7. The number of fused-ring (bicyclic) bond motifs is 1. The van der Waals surface area contributed by atoms with Gasteiger partial charge < -0.3 is 25.1 Å². The number of nitrogens with zero attached hydrogens (tertiary/aromatic N) is 1. The van der Waals surface area contributed by atoms with Gasteiger partial charge in [-0.2, -0.15) is 0 Å². The molecule has 3 fully saturated rings. The lowest BCUT2D eigenvalue weighted by molar-refractivity contribution is -0.143. The van der Waals surface area contributed by atoms with Gasteiger partial charge in [0.1, 0.15) is 19.0 Å². The van der Waals surface area contributed by atoms with Crippen LogP contribution in [0.5, 0.6) is 0 Å². The minimum absolute atomic E-state index is 0.0935. The summed E-state index contributed by atoms with van der Waals surface area (Å²) in [5.41, 5.74) is 7.98. The largest absolute Gasteiger partial charge is 0.458 e. The van der Waals surface area contributed by atoms with Crippen LogP contribution in [0.4, 0.5) is 4.39 Å². The van der Waals surface area contributed by atoms with Crippen LogP contribution in [0.15, 0.2) is 24.3 Å². The molecule has 1 saturated heterocycles. The summed E-state index contributed by atoms with van der Waals surface area (Å²) < 4.78 is 23.6. The van der Waals surface area contributed by atoms with Gasteiger partial charge in [-0.05, 0) is 80.5 Å². The number of likely N-dealkylation sites (tertiary alicyclic amines) is 1. The topological polar surface area (TPSA) is 115 Å². The molecule has 2 heterocycles. The quantitative estimate of drug-likeness (QED) is 0.337. The number of ether oxygens (including phenoxy) is 2. The highest BCUT2D eigenvalue weighted by Gasteiger charge is 2.46. The number of esters is 1. The lowest BCUT2D eigenvalue weighted by Gasteiger charge is -2.37. The Morgan fingerprint density at radius 1 is 1.05 bits per heavy atom. The number of alkyl halides is 1. The molecular formula is C34H48FN3O5. The van der Waals surface area contributed by atoms with E-state index in [0.29, 0.717) is 31.0 Å². The zero-order valence-electron chi connectivity index (χ0n) is 25.7. The summed E-state index contributed by atoms with van der Waals surface area (Å²) in [6.45, 7) is 2.10. The maximum Gasteiger partial charge on any atom is 0.354 e. The fraction of sp³-hybridized carbons (Fsp3) is 0.676. The number of nitrogens with one attached hydrogen (secondary N) is 1. The zero-order chi connectivity index (χ0) is 30.5. The second-order valence-corrected chi connectivity index (χ2v) is 13.1. The Kier molecular flexibility index (Phi) is 10.5. The predicted molar refractivity (Wildman–Crippen MR) is 163 cm³/mol. The normalized spacial score (nSPS) is 26.4. The lowest BCUT2D eigenvalue weighted by Crippen LogP contribution is -2.48. The minimum atomic E-state index is -0.525. The maximum atomic E-state index is 14.1. The monoisotopic (exact) mass is 597 g/mol. The molecule has 236 valence electrons. The molecule has 2 aliphatic carbocycles. The molecule has 1 aromatic carbocycles. The number of hydrogen-bond acceptors (Lipinski definition) is 6. The van der Waals surface area contributed by atoms with E-state index < -0.39 is 24.7 Å². The Hall–Kier alpha value is -2.78. The van der Waals surface area contributed by atoms with Crippen molar-refractivity contribution < 1.29 is 28.2 Å². The van der Waals surface area contributed by atoms with Gasteiger partial charge in [0.05, 0.1) is 12.1 Å². The average molecular weight is 598 g/mol. The first-order valence-corrected chi connectivity index (χ1v) is 16.2. The molecule has 2 aromatic rings. The first-order chi connectivity index (χ1) is 20.8. The van der Waals surface area contributed by atoms with Crippen LogP contribution in [0.2, 0.25) is 0 Å². The summed E-state index contributed by atoms with van der Waals surface area (Å²) in [6.07, 6.45) is 9.73. The molecule has 2 saturated carbocycles. The number of amides is 1. The standard InChI is InChI=1S/C34H48FN3O5/c1-21(42-2)20-43-34(41)30-18-26-16-22(8-13-29(26)37-30)17-31(39)32-27(23-6-4-3-5-7-23)14-15-38(32)33(40)25-11-9-24(10-12-25)28(36)19-35/h8,13,16,18,21,23-25,27-28,32,37H,3-7,9-12,14-15,17,19-20,36H2,1-2H3/t21?,24?,25?,27-,28+,32-/m0/s1. The molecule has 43 heavy (non-hydrogen) atoms. The lowest BCUT2D eigenvalue weighted by atomic mass is 9.75. The summed E-state index contributed by atoms with van der Waals surface area (Å²) in [4.78, 5) is 45.6. The Bertz CT molecular complexity index is 1270. The van der Waals surface area contributed by atoms with Gasteiger partial charge in [0, 0.05) is 42.9 Å². The number of nitrogens with two attached hydrogens (primary N) is 1. The smallest absolute Gasteiger partial charge is 0.354 e. The van der Waals surface area contributed by atoms with E-state index >= 15 is 0 Å². The molecule has 0 radical (unpaired) electrons. The Morgan fingerprint density at radius 2 is 1.79 bits per heavy atom. The molecule has 1 aromatic heterocycles. The second kappa shape index (κ2) is 14.3. The third-order valence-corrected chi connectivity index (χ3v) is 10.4. The van der Waals surface area contributed by atoms with Crippen molar-refractivity contribution in [1.29, 1.82) is 0 Å². The van der Waals surface area contributed by atoms with E-state index in [-0.39, 0.29) is 48.6 Å². The van der Waals surface area contributed by atoms with Crippen LogP contribution in [-0.2, 0) is 25.5 Å². The number of carbonyl (C=O) groups excluding carboxylic acids is 3. The van der Waals surface area contributed by atoms with Crippen LogP contribution in [0.3, 0.4) is 0 Å². The molecule has 8 nitrogen and oxygen atoms in total. The van der Waals surface area contributed by atoms with Crippen LogP contribution in [-0.4, -0.2) is 72.7 Å². The van der Waals surface area contributed by atoms with Gasteiger partial charge in [0.25, 0.3) is 0 Å². The van der Waals surface area contributed by atoms with Gasteiger partial charge in [-0.1, -0.05) is 38.2 Å². The summed E-state index contributed by atoms with van der Waals surface area (Å²) in [7, 11) is 1.57. The summed E-state index contributed by atoms with van der Waals surface area (Å²) in [5.74, 6) is 0.409. The number of hydrogen-bond donors (Lipinski definition) is 2. The number of H-pyrrole nitrogens is 1. The number of halogens is 1. The summed E-state index contributed by atoms with van der Waals surface area (Å²) >= 11 is 0. The number of Topliss-reactive ketones (excluding diaryl/α,β-unsaturated/α-hetero) is 1. The van der Waals surface area contributed by atoms with Crippen molar-refractivity contribution in [2.24, 2.45) is 29.4 Å². The summed E-state index contributed by atoms with van der Waals surface area (Å²) in [5, 5.41) is 0.837. The van der Waals surface area contributed by atoms with Gasteiger partial charge in [-0.3, -0.25) is 9.59 Å². The first kappa shape index (κ1) is 31.6. The van der Waals surface area contributed by atoms with E-state index in [9.17, 15) is 18.8 Å². The molecule has 1 amide bonds. The summed E-state index contributed by atoms with van der Waals surface area (Å²) in [6, 6.07) is 6.66. The van der Waals surface area contributed by atoms with Gasteiger partial charge in [0.15, 0.2) is 5.78 Å². The van der Waals surface area contributed by atoms with Crippen molar-refractivity contribution in [2.45, 2.75) is 95.7 Å². The third kappa shape index (κ3) is 7.31. The van der Waals surface area contributed by atoms with Crippen molar-refractivity contribution in [3.63, 3.8) is 0 Å². The van der Waals surface area contributed by atoms with Crippen molar-refractivity contribution in [3.8, 4) is 0 Å². The molecule has 3 N–H and O–H groups in total. The fourth-order valence-electron chi connectivity index (χ4n) is 7.73. The van der Waals surface area contributed by atoms with Crippen molar-refractivity contribution in [1.82, 2.24) is 9.88 Å². The highest BCUT2D eigenvalue weighted by Crippen LogP contribution is 2.41. The van der Waals surface area contributed by atoms with Crippen LogP contribution in [0.25, 0.3) is 10.9 Å². The minimum Gasteiger partial charge on any atom is -0.458 e. The predicted octanol–water partition coefficient (Wildman–Crippen LogP) is 5.37. The number of aromatic amines is 1. The van der Waals surface area contributed by atoms with Crippen LogP contribution >= 0.6 is 0 Å². The highest BCUT2D eigenvalue weighted by atomic mass is 19.1. The highest BCUT2D eigenvalue weighted by molar-refractivity contribution is 5.96. The van der Waals surface area contributed by atoms with E-state index in [4.69, 9.17) is 15.2 Å². The van der Waals surface area contributed by atoms with E-state index in [0.717, 1.165) is 48.6 Å². The first-order valence-electron chi connectivity index (χ1n) is 16.2. The molecule has 0 spiro atoms. The molecular weight excluding hydrogens is 549 g/mol. The number of ketones is 1. The third-order valence-electron chi connectivity index (χ3n) is 10.4. The van der Waals surface area contributed by atoms with Crippen LogP contribution < -0.4 is 5.73 Å². The average Bonchev–Trinajstić information content (AvgIpc) is 3.68. The van der Waals surface area contributed by atoms with E-state index in [1.165, 1.54) is 19.3 Å². The molecule has 1 aliphatic heterocycles. The Balaban J connectivity index is 1.30. The number of methoxy groups -OCH3 is 1. The van der Waals surface area contributed by atoms with Gasteiger partial charge in [0.2, 0.25) is 5.91 Å². The van der Waals surface area contributed by atoms with Crippen molar-refractivity contribution in [3.05, 3.63) is 35.5 Å².